The van der Waals surface area contributed by atoms with Crippen molar-refractivity contribution in [1.29, 1.82) is 0 Å². The van der Waals surface area contributed by atoms with Crippen LogP contribution in [-0.2, 0) is 13.0 Å². The molecule has 0 radical (unpaired) electrons. The van der Waals surface area contributed by atoms with Crippen molar-refractivity contribution >= 4 is 5.91 Å². The van der Waals surface area contributed by atoms with Crippen molar-refractivity contribution in [2.24, 2.45) is 0 Å². The van der Waals surface area contributed by atoms with Crippen molar-refractivity contribution in [2.45, 2.75) is 32.7 Å². The van der Waals surface area contributed by atoms with Crippen LogP contribution >= 0.6 is 0 Å². The quantitative estimate of drug-likeness (QED) is 0.793. The molecule has 0 aliphatic carbocycles. The SMILES string of the molecule is CCCCN(Cc1ccc2c(c1)OCO2)C(=O)c1ccc2c(c1)CCO2. The second-order valence-corrected chi connectivity index (χ2v) is 6.69. The summed E-state index contributed by atoms with van der Waals surface area (Å²) in [5.74, 6) is 2.47. The first-order chi connectivity index (χ1) is 12.7. The standard InChI is InChI=1S/C21H23NO4/c1-2-3-9-22(13-15-4-6-19-20(11-15)26-14-25-19)21(23)17-5-7-18-16(12-17)8-10-24-18/h4-7,11-12H,2-3,8-10,13-14H2,1H3. The van der Waals surface area contributed by atoms with Gasteiger partial charge >= 0.3 is 0 Å². The minimum Gasteiger partial charge on any atom is -0.493 e. The predicted octanol–water partition coefficient (Wildman–Crippen LogP) is 3.79. The molecule has 5 heteroatoms. The first kappa shape index (κ1) is 16.8. The van der Waals surface area contributed by atoms with Gasteiger partial charge in [-0.05, 0) is 47.9 Å². The number of hydrogen-bond acceptors (Lipinski definition) is 4. The van der Waals surface area contributed by atoms with Gasteiger partial charge in [-0.25, -0.2) is 0 Å². The average Bonchev–Trinajstić information content (AvgIpc) is 3.32. The van der Waals surface area contributed by atoms with E-state index in [1.165, 1.54) is 0 Å². The van der Waals surface area contributed by atoms with Gasteiger partial charge in [0.25, 0.3) is 5.91 Å². The number of rotatable bonds is 6. The fourth-order valence-electron chi connectivity index (χ4n) is 3.36. The number of hydrogen-bond donors (Lipinski definition) is 0. The lowest BCUT2D eigenvalue weighted by Gasteiger charge is -2.23. The molecular weight excluding hydrogens is 330 g/mol. The van der Waals surface area contributed by atoms with Gasteiger partial charge in [0, 0.05) is 25.1 Å². The highest BCUT2D eigenvalue weighted by Gasteiger charge is 2.21. The molecule has 136 valence electrons. The summed E-state index contributed by atoms with van der Waals surface area (Å²) in [6.45, 7) is 4.38. The third kappa shape index (κ3) is 3.34. The molecule has 2 aromatic rings. The third-order valence-corrected chi connectivity index (χ3v) is 4.82. The minimum absolute atomic E-state index is 0.0609. The molecule has 0 saturated carbocycles. The molecule has 0 bridgehead atoms. The molecule has 26 heavy (non-hydrogen) atoms. The molecule has 0 aromatic heterocycles. The highest BCUT2D eigenvalue weighted by atomic mass is 16.7. The number of unbranched alkanes of at least 4 members (excludes halogenated alkanes) is 1. The van der Waals surface area contributed by atoms with Gasteiger partial charge in [-0.15, -0.1) is 0 Å². The lowest BCUT2D eigenvalue weighted by Crippen LogP contribution is -2.31. The molecule has 2 aliphatic rings. The van der Waals surface area contributed by atoms with Gasteiger partial charge in [-0.1, -0.05) is 19.4 Å². The van der Waals surface area contributed by atoms with Crippen LogP contribution in [0.3, 0.4) is 0 Å². The lowest BCUT2D eigenvalue weighted by molar-refractivity contribution is 0.0740. The van der Waals surface area contributed by atoms with E-state index in [1.54, 1.807) is 0 Å². The molecule has 0 atom stereocenters. The summed E-state index contributed by atoms with van der Waals surface area (Å²) in [6, 6.07) is 11.6. The summed E-state index contributed by atoms with van der Waals surface area (Å²) in [4.78, 5) is 15.0. The lowest BCUT2D eigenvalue weighted by atomic mass is 10.1. The molecule has 2 heterocycles. The normalized spacial score (nSPS) is 14.0. The Morgan fingerprint density at radius 1 is 1.04 bits per heavy atom. The monoisotopic (exact) mass is 353 g/mol. The van der Waals surface area contributed by atoms with Gasteiger partial charge in [0.2, 0.25) is 6.79 Å². The molecule has 1 amide bonds. The van der Waals surface area contributed by atoms with E-state index in [0.29, 0.717) is 13.2 Å². The third-order valence-electron chi connectivity index (χ3n) is 4.82. The van der Waals surface area contributed by atoms with E-state index in [0.717, 1.165) is 59.7 Å². The smallest absolute Gasteiger partial charge is 0.254 e. The zero-order chi connectivity index (χ0) is 17.9. The fourth-order valence-corrected chi connectivity index (χ4v) is 3.36. The van der Waals surface area contributed by atoms with Crippen LogP contribution in [0.25, 0.3) is 0 Å². The topological polar surface area (TPSA) is 48.0 Å². The van der Waals surface area contributed by atoms with Crippen molar-refractivity contribution < 1.29 is 19.0 Å². The molecule has 0 saturated heterocycles. The van der Waals surface area contributed by atoms with Crippen molar-refractivity contribution in [3.63, 3.8) is 0 Å². The van der Waals surface area contributed by atoms with Crippen LogP contribution in [0.2, 0.25) is 0 Å². The molecule has 0 N–H and O–H groups in total. The molecule has 0 spiro atoms. The van der Waals surface area contributed by atoms with Gasteiger partial charge < -0.3 is 19.1 Å². The minimum atomic E-state index is 0.0609. The van der Waals surface area contributed by atoms with Crippen molar-refractivity contribution in [2.75, 3.05) is 19.9 Å². The Kier molecular flexibility index (Phi) is 4.69. The number of carbonyl (C=O) groups excluding carboxylic acids is 1. The van der Waals surface area contributed by atoms with E-state index in [-0.39, 0.29) is 12.7 Å². The number of nitrogens with zero attached hydrogens (tertiary/aromatic N) is 1. The molecule has 4 rings (SSSR count). The van der Waals surface area contributed by atoms with Gasteiger partial charge in [0.15, 0.2) is 11.5 Å². The van der Waals surface area contributed by atoms with Gasteiger partial charge in [-0.2, -0.15) is 0 Å². The second-order valence-electron chi connectivity index (χ2n) is 6.69. The Morgan fingerprint density at radius 2 is 1.88 bits per heavy atom. The molecule has 2 aliphatic heterocycles. The van der Waals surface area contributed by atoms with Crippen LogP contribution in [-0.4, -0.2) is 30.8 Å². The Morgan fingerprint density at radius 3 is 2.77 bits per heavy atom. The predicted molar refractivity (Wildman–Crippen MR) is 97.9 cm³/mol. The van der Waals surface area contributed by atoms with Crippen molar-refractivity contribution in [1.82, 2.24) is 4.90 Å². The molecule has 5 nitrogen and oxygen atoms in total. The maximum absolute atomic E-state index is 13.1. The van der Waals surface area contributed by atoms with Crippen LogP contribution in [0.5, 0.6) is 17.2 Å². The number of ether oxygens (including phenoxy) is 3. The van der Waals surface area contributed by atoms with Gasteiger partial charge in [0.05, 0.1) is 6.61 Å². The molecule has 0 fully saturated rings. The zero-order valence-corrected chi connectivity index (χ0v) is 15.0. The van der Waals surface area contributed by atoms with E-state index < -0.39 is 0 Å². The maximum Gasteiger partial charge on any atom is 0.254 e. The summed E-state index contributed by atoms with van der Waals surface area (Å²) in [5.41, 5.74) is 2.89. The molecule has 2 aromatic carbocycles. The summed E-state index contributed by atoms with van der Waals surface area (Å²) in [5, 5.41) is 0. The number of amides is 1. The molecule has 0 unspecified atom stereocenters. The Hall–Kier alpha value is -2.69. The summed E-state index contributed by atoms with van der Waals surface area (Å²) in [7, 11) is 0. The summed E-state index contributed by atoms with van der Waals surface area (Å²) in [6.07, 6.45) is 2.89. The number of benzene rings is 2. The summed E-state index contributed by atoms with van der Waals surface area (Å²) < 4.78 is 16.4. The Bertz CT molecular complexity index is 818. The Balaban J connectivity index is 1.55. The van der Waals surface area contributed by atoms with E-state index in [2.05, 4.69) is 6.92 Å². The van der Waals surface area contributed by atoms with E-state index in [9.17, 15) is 4.79 Å². The van der Waals surface area contributed by atoms with Crippen molar-refractivity contribution in [3.05, 3.63) is 53.1 Å². The van der Waals surface area contributed by atoms with Crippen LogP contribution in [0.4, 0.5) is 0 Å². The average molecular weight is 353 g/mol. The van der Waals surface area contributed by atoms with E-state index >= 15 is 0 Å². The Labute approximate surface area is 153 Å². The second kappa shape index (κ2) is 7.28. The fraction of sp³-hybridized carbons (Fsp3) is 0.381. The van der Waals surface area contributed by atoms with Crippen LogP contribution in [0.15, 0.2) is 36.4 Å². The first-order valence-electron chi connectivity index (χ1n) is 9.18. The van der Waals surface area contributed by atoms with Crippen LogP contribution < -0.4 is 14.2 Å². The number of fused-ring (bicyclic) bond motifs is 2. The van der Waals surface area contributed by atoms with Crippen molar-refractivity contribution in [3.8, 4) is 17.2 Å². The number of carbonyl (C=O) groups is 1. The first-order valence-corrected chi connectivity index (χ1v) is 9.18. The van der Waals surface area contributed by atoms with Crippen LogP contribution in [0, 0.1) is 0 Å². The maximum atomic E-state index is 13.1. The van der Waals surface area contributed by atoms with E-state index in [1.807, 2.05) is 41.3 Å². The van der Waals surface area contributed by atoms with Gasteiger partial charge in [-0.3, -0.25) is 4.79 Å². The highest BCUT2D eigenvalue weighted by Crippen LogP contribution is 2.33. The van der Waals surface area contributed by atoms with Gasteiger partial charge in [0.1, 0.15) is 5.75 Å². The largest absolute Gasteiger partial charge is 0.493 e. The summed E-state index contributed by atoms with van der Waals surface area (Å²) >= 11 is 0. The van der Waals surface area contributed by atoms with Crippen LogP contribution in [0.1, 0.15) is 41.3 Å². The zero-order valence-electron chi connectivity index (χ0n) is 15.0. The van der Waals surface area contributed by atoms with E-state index in [4.69, 9.17) is 14.2 Å². The molecular formula is C21H23NO4. The highest BCUT2D eigenvalue weighted by molar-refractivity contribution is 5.94.